The number of pyridine rings is 2. The lowest BCUT2D eigenvalue weighted by atomic mass is 9.87. The number of aromatic carboxylic acids is 1. The summed E-state index contributed by atoms with van der Waals surface area (Å²) in [6.45, 7) is 11.0. The van der Waals surface area contributed by atoms with Gasteiger partial charge < -0.3 is 59.8 Å². The highest BCUT2D eigenvalue weighted by atomic mass is 35.5. The van der Waals surface area contributed by atoms with Gasteiger partial charge >= 0.3 is 12.1 Å². The zero-order valence-electron chi connectivity index (χ0n) is 48.5. The molecule has 0 spiro atoms. The van der Waals surface area contributed by atoms with E-state index < -0.39 is 70.6 Å². The van der Waals surface area contributed by atoms with Crippen LogP contribution in [0.5, 0.6) is 23.0 Å². The van der Waals surface area contributed by atoms with E-state index >= 15 is 0 Å². The second-order valence-corrected chi connectivity index (χ2v) is 21.7. The number of carbonyl (C=O) groups excluding carboxylic acids is 1. The lowest BCUT2D eigenvalue weighted by molar-refractivity contribution is -0.279. The van der Waals surface area contributed by atoms with Crippen molar-refractivity contribution in [1.29, 1.82) is 0 Å². The Labute approximate surface area is 501 Å². The van der Waals surface area contributed by atoms with Crippen LogP contribution in [0.4, 0.5) is 22.0 Å². The number of ether oxygens (including phenoxy) is 4. The smallest absolute Gasteiger partial charge is 0.425 e. The number of carbonyl (C=O) groups is 2. The number of methoxy groups -OCH3 is 2. The van der Waals surface area contributed by atoms with Crippen LogP contribution in [0.2, 0.25) is 10.0 Å². The minimum absolute atomic E-state index is 0. The third kappa shape index (κ3) is 18.6. The first-order valence-corrected chi connectivity index (χ1v) is 26.5. The first-order chi connectivity index (χ1) is 38.5. The molecular formula is C60H72Cl3F5N4O12. The number of alkyl halides is 3. The van der Waals surface area contributed by atoms with E-state index in [0.717, 1.165) is 17.7 Å². The summed E-state index contributed by atoms with van der Waals surface area (Å²) in [5, 5.41) is 61.3. The molecule has 0 aliphatic carbocycles. The summed E-state index contributed by atoms with van der Waals surface area (Å²) in [5.74, 6) is -0.889. The summed E-state index contributed by atoms with van der Waals surface area (Å²) >= 11 is 11.8. The van der Waals surface area contributed by atoms with Gasteiger partial charge in [0, 0.05) is 34.2 Å². The minimum atomic E-state index is -5.16. The summed E-state index contributed by atoms with van der Waals surface area (Å²) in [4.78, 5) is 34.2. The molecule has 2 heterocycles. The lowest BCUT2D eigenvalue weighted by Crippen LogP contribution is -2.46. The molecule has 0 saturated carbocycles. The average Bonchev–Trinajstić information content (AvgIpc) is 3.54. The van der Waals surface area contributed by atoms with Crippen molar-refractivity contribution in [1.82, 2.24) is 20.2 Å². The van der Waals surface area contributed by atoms with Crippen LogP contribution in [-0.4, -0.2) is 131 Å². The Bertz CT molecular complexity index is 3200. The molecule has 0 fully saturated rings. The number of carboxylic acid groups (broad SMARTS) is 1. The SMILES string of the molecule is CN(C)C(C)(C)c1cc(-c2ccc(F)c(Cl)c2)nc(C(O)(CO)C(F)(F)F)c1.CNC(C)(C)c1cc(-c2ccc(F)c(Cl)c2)nc(C(C)(O)CCC(=O)c2ccc(OC[C@@H](C)O)c(OC)c2)c1.COc1cc(C(=O)O)ccc1OC[C@@H](C)O.Cl. The molecule has 84 heavy (non-hydrogen) atoms. The van der Waals surface area contributed by atoms with Crippen LogP contribution in [0.3, 0.4) is 0 Å². The lowest BCUT2D eigenvalue weighted by Gasteiger charge is -2.35. The summed E-state index contributed by atoms with van der Waals surface area (Å²) < 4.78 is 88.9. The number of aromatic nitrogens is 2. The fraction of sp³-hybridized carbons (Fsp3) is 0.400. The molecule has 7 N–H and O–H groups in total. The van der Waals surface area contributed by atoms with Crippen molar-refractivity contribution in [3.05, 3.63) is 152 Å². The van der Waals surface area contributed by atoms with Gasteiger partial charge in [-0.15, -0.1) is 12.4 Å². The molecular weight excluding hydrogens is 1170 g/mol. The van der Waals surface area contributed by atoms with Gasteiger partial charge in [-0.1, -0.05) is 23.2 Å². The predicted molar refractivity (Wildman–Crippen MR) is 313 cm³/mol. The first kappa shape index (κ1) is 72.0. The number of aliphatic hydroxyl groups excluding tert-OH is 3. The Kier molecular flexibility index (Phi) is 25.9. The summed E-state index contributed by atoms with van der Waals surface area (Å²) in [5.41, 5.74) is -3.32. The van der Waals surface area contributed by atoms with Crippen molar-refractivity contribution in [2.45, 2.75) is 102 Å². The second kappa shape index (κ2) is 30.2. The Morgan fingerprint density at radius 3 is 1.51 bits per heavy atom. The monoisotopic (exact) mass is 1240 g/mol. The van der Waals surface area contributed by atoms with E-state index in [1.807, 2.05) is 33.0 Å². The molecule has 460 valence electrons. The molecule has 0 bridgehead atoms. The summed E-state index contributed by atoms with van der Waals surface area (Å²) in [6, 6.07) is 23.5. The van der Waals surface area contributed by atoms with Gasteiger partial charge in [0.05, 0.1) is 71.4 Å². The molecule has 6 aromatic rings. The van der Waals surface area contributed by atoms with Crippen molar-refractivity contribution >= 4 is 47.4 Å². The number of Topliss-reactive ketones (excluding diaryl/α,β-unsaturated/α-hetero) is 1. The largest absolute Gasteiger partial charge is 0.493 e. The third-order valence-electron chi connectivity index (χ3n) is 13.6. The number of hydrogen-bond acceptors (Lipinski definition) is 15. The van der Waals surface area contributed by atoms with Gasteiger partial charge in [0.1, 0.15) is 30.4 Å². The van der Waals surface area contributed by atoms with Crippen molar-refractivity contribution in [2.24, 2.45) is 0 Å². The van der Waals surface area contributed by atoms with Crippen molar-refractivity contribution in [3.8, 4) is 45.5 Å². The number of nitrogens with one attached hydrogen (secondary N) is 1. The van der Waals surface area contributed by atoms with Gasteiger partial charge in [0.15, 0.2) is 28.8 Å². The third-order valence-corrected chi connectivity index (χ3v) is 14.2. The Hall–Kier alpha value is -6.24. The molecule has 2 aromatic heterocycles. The van der Waals surface area contributed by atoms with E-state index in [4.69, 9.17) is 57.3 Å². The molecule has 0 saturated heterocycles. The molecule has 0 radical (unpaired) electrons. The van der Waals surface area contributed by atoms with Crippen LogP contribution in [0.15, 0.2) is 97.1 Å². The van der Waals surface area contributed by atoms with Crippen LogP contribution >= 0.6 is 35.6 Å². The normalized spacial score (nSPS) is 13.8. The van der Waals surface area contributed by atoms with Crippen LogP contribution in [0, 0.1) is 11.6 Å². The second-order valence-electron chi connectivity index (χ2n) is 20.9. The maximum absolute atomic E-state index is 13.8. The van der Waals surface area contributed by atoms with Crippen LogP contribution in [-0.2, 0) is 22.3 Å². The molecule has 0 amide bonds. The molecule has 2 unspecified atom stereocenters. The number of ketones is 1. The fourth-order valence-electron chi connectivity index (χ4n) is 7.52. The van der Waals surface area contributed by atoms with Crippen molar-refractivity contribution in [3.63, 3.8) is 0 Å². The van der Waals surface area contributed by atoms with Crippen LogP contribution < -0.4 is 24.3 Å². The van der Waals surface area contributed by atoms with Crippen molar-refractivity contribution in [2.75, 3.05) is 55.2 Å². The topological polar surface area (TPSA) is 233 Å². The number of halogens is 8. The molecule has 4 atom stereocenters. The maximum Gasteiger partial charge on any atom is 0.425 e. The maximum atomic E-state index is 13.8. The van der Waals surface area contributed by atoms with E-state index in [9.17, 15) is 52.0 Å². The highest BCUT2D eigenvalue weighted by Crippen LogP contribution is 2.41. The molecule has 24 heteroatoms. The number of nitrogens with zero attached hydrogens (tertiary/aromatic N) is 3. The van der Waals surface area contributed by atoms with E-state index in [1.165, 1.54) is 56.7 Å². The standard InChI is InChI=1S/C30H36ClFN2O5.C19H21ClF4N2O2.C11H14O5.ClH/c1-18(35)17-39-26-10-8-20(14-27(26)38-6)25(36)11-12-30(4,37)28-16-21(29(2,3)33-5)15-24(34-28)19-7-9-23(32)22(31)13-19;1-17(2,26(3)4)12-8-15(11-5-6-14(21)13(20)7-11)25-16(9-12)18(28,10-27)19(22,23)24;1-7(12)6-16-9-4-3-8(11(13)14)5-10(9)15-2;/h7-10,13-16,18,33,35,37H,11-12,17H2,1-6H3;5-9,27-28H,10H2,1-4H3;3-5,7,12H,6H2,1-2H3,(H,13,14);1H/t18-,30?;;7-;/m1.1./s1. The Balaban J connectivity index is 0.000000358. The number of carboxylic acids is 1. The number of rotatable bonds is 22. The minimum Gasteiger partial charge on any atom is -0.493 e. The highest BCUT2D eigenvalue weighted by molar-refractivity contribution is 6.31. The van der Waals surface area contributed by atoms with Crippen LogP contribution in [0.1, 0.15) is 105 Å². The zero-order valence-corrected chi connectivity index (χ0v) is 50.8. The molecule has 4 aromatic carbocycles. The van der Waals surface area contributed by atoms with Gasteiger partial charge in [-0.05, 0) is 184 Å². The first-order valence-electron chi connectivity index (χ1n) is 25.8. The van der Waals surface area contributed by atoms with Gasteiger partial charge in [-0.25, -0.2) is 23.5 Å². The van der Waals surface area contributed by atoms with Gasteiger partial charge in [-0.2, -0.15) is 13.2 Å². The molecule has 16 nitrogen and oxygen atoms in total. The van der Waals surface area contributed by atoms with Gasteiger partial charge in [-0.3, -0.25) is 4.79 Å². The number of aliphatic hydroxyl groups is 5. The Morgan fingerprint density at radius 1 is 0.667 bits per heavy atom. The van der Waals surface area contributed by atoms with E-state index in [0.29, 0.717) is 51.1 Å². The van der Waals surface area contributed by atoms with E-state index in [2.05, 4.69) is 10.3 Å². The predicted octanol–water partition coefficient (Wildman–Crippen LogP) is 11.3. The van der Waals surface area contributed by atoms with Crippen LogP contribution in [0.25, 0.3) is 22.5 Å². The van der Waals surface area contributed by atoms with E-state index in [-0.39, 0.29) is 71.1 Å². The summed E-state index contributed by atoms with van der Waals surface area (Å²) in [6.07, 6.45) is -6.25. The fourth-order valence-corrected chi connectivity index (χ4v) is 7.88. The average molecular weight is 1240 g/mol. The number of benzene rings is 4. The molecule has 0 aliphatic rings. The highest BCUT2D eigenvalue weighted by Gasteiger charge is 2.56. The van der Waals surface area contributed by atoms with E-state index in [1.54, 1.807) is 83.9 Å². The zero-order chi connectivity index (χ0) is 62.6. The van der Waals surface area contributed by atoms with Gasteiger partial charge in [0.25, 0.3) is 0 Å². The summed E-state index contributed by atoms with van der Waals surface area (Å²) in [7, 11) is 8.23. The van der Waals surface area contributed by atoms with Gasteiger partial charge in [0.2, 0.25) is 5.60 Å². The van der Waals surface area contributed by atoms with Crippen molar-refractivity contribution < 1.29 is 81.1 Å². The quantitative estimate of drug-likeness (QED) is 0.0247. The molecule has 6 rings (SSSR count). The molecule has 0 aliphatic heterocycles. The Morgan fingerprint density at radius 2 is 1.11 bits per heavy atom. The number of hydrogen-bond donors (Lipinski definition) is 7.